The molecule has 0 aliphatic heterocycles. The fourth-order valence-electron chi connectivity index (χ4n) is 0.0544. The van der Waals surface area contributed by atoms with E-state index in [-0.39, 0.29) is 103 Å². The van der Waals surface area contributed by atoms with E-state index in [0.29, 0.717) is 0 Å². The molecule has 0 radical (unpaired) electrons. The number of hydrogen-bond donors (Lipinski definition) is 0. The van der Waals surface area contributed by atoms with E-state index in [1.807, 2.05) is 0 Å². The van der Waals surface area contributed by atoms with Crippen molar-refractivity contribution in [2.75, 3.05) is 0 Å². The van der Waals surface area contributed by atoms with Crippen LogP contribution in [0.15, 0.2) is 0 Å². The summed E-state index contributed by atoms with van der Waals surface area (Å²) in [5.41, 5.74) is 0. The van der Waals surface area contributed by atoms with Gasteiger partial charge in [-0.2, -0.15) is 0 Å². The molecule has 0 aromatic carbocycles. The van der Waals surface area contributed by atoms with Crippen LogP contribution in [-0.2, 0) is 52.3 Å². The van der Waals surface area contributed by atoms with Gasteiger partial charge in [-0.05, 0) is 6.16 Å². The Hall–Kier alpha value is 3.18. The van der Waals surface area contributed by atoms with Crippen molar-refractivity contribution < 1.29 is 170 Å². The van der Waals surface area contributed by atoms with Crippen molar-refractivity contribution in [3.8, 4) is 0 Å². The molecule has 13 heavy (non-hydrogen) atoms. The van der Waals surface area contributed by atoms with Gasteiger partial charge in [0.2, 0.25) is 0 Å². The maximum absolute atomic E-state index is 9.41. The normalized spacial score (nSPS) is 6.15. The minimum absolute atomic E-state index is 0. The summed E-state index contributed by atoms with van der Waals surface area (Å²) in [6, 6.07) is 0. The topological polar surface area (TPSA) is 141 Å². The summed E-state index contributed by atoms with van der Waals surface area (Å²) in [7, 11) is 0. The SMILES string of the molecule is O=C([O-])[O-].[K+].[K+].[O]=[Ta](=[O])[O][Ta](=[O])=[O]. The first-order chi connectivity index (χ1) is 4.86. The van der Waals surface area contributed by atoms with E-state index in [2.05, 4.69) is 1.75 Å². The van der Waals surface area contributed by atoms with E-state index in [4.69, 9.17) is 15.0 Å². The molecule has 0 saturated heterocycles. The molecule has 0 rings (SSSR count). The van der Waals surface area contributed by atoms with Gasteiger partial charge in [0.05, 0.1) is 0 Å². The zero-order valence-corrected chi connectivity index (χ0v) is 19.3. The monoisotopic (exact) mass is 580 g/mol. The number of rotatable bonds is 2. The molecule has 0 atom stereocenters. The van der Waals surface area contributed by atoms with E-state index in [1.54, 1.807) is 0 Å². The first-order valence-corrected chi connectivity index (χ1v) is 9.58. The average Bonchev–Trinajstić information content (AvgIpc) is 1.56. The Kier molecular flexibility index (Phi) is 34.0. The summed E-state index contributed by atoms with van der Waals surface area (Å²) in [5, 5.41) is 16.7. The molecule has 8 nitrogen and oxygen atoms in total. The molecule has 0 unspecified atom stereocenters. The van der Waals surface area contributed by atoms with E-state index in [0.717, 1.165) is 0 Å². The number of carbonyl (C=O) groups is 1. The summed E-state index contributed by atoms with van der Waals surface area (Å²) >= 11 is -8.56. The van der Waals surface area contributed by atoms with Gasteiger partial charge in [0.15, 0.2) is 0 Å². The first-order valence-electron chi connectivity index (χ1n) is 1.71. The zero-order chi connectivity index (χ0) is 9.44. The molecule has 0 amide bonds. The number of carboxylic acid groups (broad SMARTS) is 2. The van der Waals surface area contributed by atoms with Crippen molar-refractivity contribution in [2.24, 2.45) is 0 Å². The summed E-state index contributed by atoms with van der Waals surface area (Å²) < 4.78 is 41.1. The standard InChI is InChI=1S/CH2O3.2K.5O.2Ta/c2-1(3)4;;;;;;;;;/h(H2,2,3,4);;;;;;;;;/q;2*+1;;;;;;;/p-2. The van der Waals surface area contributed by atoms with Crippen LogP contribution in [0.4, 0.5) is 4.79 Å². The molecule has 0 heterocycles. The van der Waals surface area contributed by atoms with Crippen LogP contribution in [0.5, 0.6) is 0 Å². The van der Waals surface area contributed by atoms with Crippen LogP contribution in [0.3, 0.4) is 0 Å². The molecule has 0 aliphatic carbocycles. The van der Waals surface area contributed by atoms with Crippen LogP contribution < -0.4 is 113 Å². The summed E-state index contributed by atoms with van der Waals surface area (Å²) in [5.74, 6) is 0. The Morgan fingerprint density at radius 3 is 1.08 bits per heavy atom. The summed E-state index contributed by atoms with van der Waals surface area (Å²) in [6.07, 6.45) is -2.33. The second kappa shape index (κ2) is 17.6. The van der Waals surface area contributed by atoms with Gasteiger partial charge in [0.25, 0.3) is 0 Å². The van der Waals surface area contributed by atoms with Crippen molar-refractivity contribution in [3.05, 3.63) is 0 Å². The molecule has 64 valence electrons. The van der Waals surface area contributed by atoms with Gasteiger partial charge in [0.1, 0.15) is 0 Å². The van der Waals surface area contributed by atoms with E-state index >= 15 is 0 Å². The average molecular weight is 580 g/mol. The Morgan fingerprint density at radius 1 is 0.923 bits per heavy atom. The third-order valence-electron chi connectivity index (χ3n) is 0.133. The van der Waals surface area contributed by atoms with Crippen molar-refractivity contribution >= 4 is 6.16 Å². The molecule has 0 saturated carbocycles. The van der Waals surface area contributed by atoms with Crippen LogP contribution in [0.25, 0.3) is 0 Å². The third kappa shape index (κ3) is 51.1. The van der Waals surface area contributed by atoms with Crippen molar-refractivity contribution in [2.45, 2.75) is 0 Å². The molecular weight excluding hydrogens is 580 g/mol. The van der Waals surface area contributed by atoms with Crippen molar-refractivity contribution in [1.29, 1.82) is 0 Å². The first kappa shape index (κ1) is 25.1. The minimum atomic E-state index is -4.28. The predicted octanol–water partition coefficient (Wildman–Crippen LogP) is -8.99. The summed E-state index contributed by atoms with van der Waals surface area (Å²) in [4.78, 5) is 8.33. The number of hydrogen-bond acceptors (Lipinski definition) is 8. The molecule has 0 spiro atoms. The molecular formula is CK2O8Ta2. The van der Waals surface area contributed by atoms with Gasteiger partial charge in [-0.3, -0.25) is 0 Å². The van der Waals surface area contributed by atoms with Gasteiger partial charge in [-0.25, -0.2) is 0 Å². The maximum atomic E-state index is 9.41. The van der Waals surface area contributed by atoms with Crippen molar-refractivity contribution in [3.63, 3.8) is 0 Å². The van der Waals surface area contributed by atoms with Gasteiger partial charge in [0, 0.05) is 0 Å². The van der Waals surface area contributed by atoms with Crippen LogP contribution in [0, 0.1) is 0 Å². The van der Waals surface area contributed by atoms with E-state index < -0.39 is 43.7 Å². The molecule has 0 aromatic rings. The van der Waals surface area contributed by atoms with Gasteiger partial charge in [-0.1, -0.05) is 0 Å². The van der Waals surface area contributed by atoms with Crippen LogP contribution >= 0.6 is 0 Å². The second-order valence-corrected chi connectivity index (χ2v) is 9.38. The Bertz CT molecular complexity index is 213. The molecule has 0 aliphatic rings. The van der Waals surface area contributed by atoms with Gasteiger partial charge >= 0.3 is 155 Å². The Labute approximate surface area is 171 Å². The van der Waals surface area contributed by atoms with Crippen LogP contribution in [0.1, 0.15) is 0 Å². The second-order valence-electron chi connectivity index (χ2n) is 0.779. The van der Waals surface area contributed by atoms with Crippen molar-refractivity contribution in [1.82, 2.24) is 0 Å². The Balaban J connectivity index is -0.0000000600. The molecule has 12 heteroatoms. The van der Waals surface area contributed by atoms with Gasteiger partial charge in [-0.15, -0.1) is 0 Å². The summed E-state index contributed by atoms with van der Waals surface area (Å²) in [6.45, 7) is 0. The van der Waals surface area contributed by atoms with E-state index in [1.165, 1.54) is 0 Å². The van der Waals surface area contributed by atoms with E-state index in [9.17, 15) is 13.0 Å². The molecule has 0 bridgehead atoms. The van der Waals surface area contributed by atoms with Gasteiger partial charge < -0.3 is 15.0 Å². The van der Waals surface area contributed by atoms with Crippen LogP contribution in [0.2, 0.25) is 0 Å². The molecule has 0 aromatic heterocycles. The fraction of sp³-hybridized carbons (Fsp3) is 0. The Morgan fingerprint density at radius 2 is 1.08 bits per heavy atom. The van der Waals surface area contributed by atoms with Crippen LogP contribution in [-0.4, -0.2) is 6.16 Å². The predicted molar refractivity (Wildman–Crippen MR) is 9.23 cm³/mol. The zero-order valence-electron chi connectivity index (χ0n) is 6.66. The number of carbonyl (C=O) groups excluding carboxylic acids is 1. The molecule has 0 N–H and O–H groups in total. The fourth-order valence-corrected chi connectivity index (χ4v) is 3.65. The third-order valence-corrected chi connectivity index (χ3v) is 8.93. The quantitative estimate of drug-likeness (QED) is 0.294. The molecule has 0 fully saturated rings.